The summed E-state index contributed by atoms with van der Waals surface area (Å²) in [5, 5.41) is 0. The summed E-state index contributed by atoms with van der Waals surface area (Å²) >= 11 is 3.68. The van der Waals surface area contributed by atoms with Crippen LogP contribution in [-0.2, 0) is 11.3 Å². The zero-order valence-corrected chi connectivity index (χ0v) is 20.9. The van der Waals surface area contributed by atoms with E-state index in [1.165, 1.54) is 17.7 Å². The Kier molecular flexibility index (Phi) is 6.98. The fourth-order valence-corrected chi connectivity index (χ4v) is 6.29. The van der Waals surface area contributed by atoms with Gasteiger partial charge in [0, 0.05) is 55.4 Å². The molecule has 8 nitrogen and oxygen atoms in total. The molecule has 2 aliphatic heterocycles. The first-order valence-electron chi connectivity index (χ1n) is 11.4. The van der Waals surface area contributed by atoms with Gasteiger partial charge >= 0.3 is 0 Å². The van der Waals surface area contributed by atoms with Crippen molar-refractivity contribution in [3.63, 3.8) is 0 Å². The number of nitrogens with zero attached hydrogens (tertiary/aromatic N) is 6. The molecular weight excluding hydrogens is 454 g/mol. The number of rotatable bonds is 6. The molecule has 2 fully saturated rings. The SMILES string of the molecule is CSN1CCC(N(C)Cc2cc3nc(-c4ccc(N)nc4)nc(N4CCOCC4)c3s2)CC1. The summed E-state index contributed by atoms with van der Waals surface area (Å²) in [4.78, 5) is 20.3. The highest BCUT2D eigenvalue weighted by Crippen LogP contribution is 2.35. The van der Waals surface area contributed by atoms with E-state index in [4.69, 9.17) is 20.4 Å². The molecule has 3 aromatic rings. The highest BCUT2D eigenvalue weighted by atomic mass is 32.2. The predicted molar refractivity (Wildman–Crippen MR) is 138 cm³/mol. The largest absolute Gasteiger partial charge is 0.384 e. The lowest BCUT2D eigenvalue weighted by Crippen LogP contribution is -2.40. The van der Waals surface area contributed by atoms with Crippen LogP contribution in [0, 0.1) is 0 Å². The molecule has 10 heteroatoms. The van der Waals surface area contributed by atoms with Gasteiger partial charge in [0.15, 0.2) is 11.6 Å². The van der Waals surface area contributed by atoms with Crippen molar-refractivity contribution >= 4 is 45.1 Å². The standard InChI is InChI=1S/C23H31N7OS2/c1-28(17-5-7-30(32-2)8-6-17)15-18-13-19-21(33-18)23(29-9-11-31-12-10-29)27-22(26-19)16-3-4-20(24)25-14-16/h3-4,13-14,17H,5-12,15H2,1-2H3,(H2,24,25). The zero-order valence-electron chi connectivity index (χ0n) is 19.2. The summed E-state index contributed by atoms with van der Waals surface area (Å²) in [6, 6.07) is 6.61. The van der Waals surface area contributed by atoms with Crippen LogP contribution in [0.3, 0.4) is 0 Å². The first-order chi connectivity index (χ1) is 16.1. The van der Waals surface area contributed by atoms with E-state index in [-0.39, 0.29) is 0 Å². The quantitative estimate of drug-likeness (QED) is 0.529. The maximum atomic E-state index is 5.79. The molecule has 0 aromatic carbocycles. The Morgan fingerprint density at radius 1 is 1.18 bits per heavy atom. The van der Waals surface area contributed by atoms with Crippen LogP contribution in [0.4, 0.5) is 11.6 Å². The topological polar surface area (TPSA) is 83.6 Å². The second kappa shape index (κ2) is 10.1. The summed E-state index contributed by atoms with van der Waals surface area (Å²) in [5.41, 5.74) is 7.67. The molecule has 0 aliphatic carbocycles. The van der Waals surface area contributed by atoms with Crippen LogP contribution < -0.4 is 10.6 Å². The van der Waals surface area contributed by atoms with Crippen LogP contribution in [-0.4, -0.2) is 82.9 Å². The van der Waals surface area contributed by atoms with E-state index in [1.807, 2.05) is 29.4 Å². The van der Waals surface area contributed by atoms with Gasteiger partial charge in [-0.15, -0.1) is 11.3 Å². The third-order valence-electron chi connectivity index (χ3n) is 6.47. The molecule has 176 valence electrons. The number of morpholine rings is 1. The van der Waals surface area contributed by atoms with Gasteiger partial charge in [0.1, 0.15) is 5.82 Å². The number of nitrogens with two attached hydrogens (primary N) is 1. The molecule has 0 bridgehead atoms. The number of ether oxygens (including phenoxy) is 1. The van der Waals surface area contributed by atoms with E-state index in [2.05, 4.69) is 38.5 Å². The molecular formula is C23H31N7OS2. The predicted octanol–water partition coefficient (Wildman–Crippen LogP) is 3.35. The Morgan fingerprint density at radius 2 is 1.97 bits per heavy atom. The fraction of sp³-hybridized carbons (Fsp3) is 0.522. The smallest absolute Gasteiger partial charge is 0.163 e. The second-order valence-electron chi connectivity index (χ2n) is 8.63. The van der Waals surface area contributed by atoms with E-state index < -0.39 is 0 Å². The van der Waals surface area contributed by atoms with E-state index in [0.717, 1.165) is 67.5 Å². The molecule has 2 N–H and O–H groups in total. The van der Waals surface area contributed by atoms with Crippen molar-refractivity contribution < 1.29 is 4.74 Å². The van der Waals surface area contributed by atoms with Gasteiger partial charge in [0.25, 0.3) is 0 Å². The molecule has 0 spiro atoms. The van der Waals surface area contributed by atoms with Crippen molar-refractivity contribution in [1.82, 2.24) is 24.2 Å². The average Bonchev–Trinajstić information content (AvgIpc) is 3.26. The van der Waals surface area contributed by atoms with Gasteiger partial charge in [-0.25, -0.2) is 15.0 Å². The summed E-state index contributed by atoms with van der Waals surface area (Å²) in [7, 11) is 2.25. The van der Waals surface area contributed by atoms with Gasteiger partial charge in [0.2, 0.25) is 0 Å². The van der Waals surface area contributed by atoms with Gasteiger partial charge in [-0.3, -0.25) is 9.21 Å². The number of hydrogen-bond acceptors (Lipinski definition) is 10. The number of pyridine rings is 1. The summed E-state index contributed by atoms with van der Waals surface area (Å²) in [5.74, 6) is 2.19. The van der Waals surface area contributed by atoms with Gasteiger partial charge in [-0.05, 0) is 44.3 Å². The Morgan fingerprint density at radius 3 is 2.67 bits per heavy atom. The number of thiophene rings is 1. The molecule has 5 rings (SSSR count). The fourth-order valence-electron chi connectivity index (χ4n) is 4.54. The lowest BCUT2D eigenvalue weighted by Gasteiger charge is -2.35. The molecule has 5 heterocycles. The molecule has 0 unspecified atom stereocenters. The Hall–Kier alpha value is -1.98. The molecule has 2 saturated heterocycles. The summed E-state index contributed by atoms with van der Waals surface area (Å²) in [6.45, 7) is 6.38. The van der Waals surface area contributed by atoms with Gasteiger partial charge < -0.3 is 15.4 Å². The molecule has 0 amide bonds. The Bertz CT molecular complexity index is 1080. The molecule has 3 aromatic heterocycles. The first-order valence-corrected chi connectivity index (χ1v) is 13.4. The first kappa shape index (κ1) is 22.8. The number of aromatic nitrogens is 3. The van der Waals surface area contributed by atoms with E-state index in [0.29, 0.717) is 17.7 Å². The number of fused-ring (bicyclic) bond motifs is 1. The minimum absolute atomic E-state index is 0.498. The second-order valence-corrected chi connectivity index (χ2v) is 10.6. The monoisotopic (exact) mass is 485 g/mol. The highest BCUT2D eigenvalue weighted by molar-refractivity contribution is 7.96. The van der Waals surface area contributed by atoms with Gasteiger partial charge in [-0.1, -0.05) is 11.9 Å². The van der Waals surface area contributed by atoms with E-state index in [9.17, 15) is 0 Å². The van der Waals surface area contributed by atoms with Crippen LogP contribution >= 0.6 is 23.3 Å². The molecule has 2 aliphatic rings. The summed E-state index contributed by atoms with van der Waals surface area (Å²) < 4.78 is 9.20. The third kappa shape index (κ3) is 5.09. The van der Waals surface area contributed by atoms with Crippen LogP contribution in [0.1, 0.15) is 17.7 Å². The van der Waals surface area contributed by atoms with Gasteiger partial charge in [0.05, 0.1) is 23.4 Å². The highest BCUT2D eigenvalue weighted by Gasteiger charge is 2.24. The van der Waals surface area contributed by atoms with Crippen LogP contribution in [0.2, 0.25) is 0 Å². The lowest BCUT2D eigenvalue weighted by molar-refractivity contribution is 0.122. The molecule has 33 heavy (non-hydrogen) atoms. The maximum absolute atomic E-state index is 5.79. The summed E-state index contributed by atoms with van der Waals surface area (Å²) in [6.07, 6.45) is 6.36. The Labute approximate surface area is 203 Å². The van der Waals surface area contributed by atoms with Crippen LogP contribution in [0.5, 0.6) is 0 Å². The lowest BCUT2D eigenvalue weighted by atomic mass is 10.1. The van der Waals surface area contributed by atoms with Crippen molar-refractivity contribution in [3.8, 4) is 11.4 Å². The number of anilines is 2. The van der Waals surface area contributed by atoms with Crippen molar-refractivity contribution in [2.45, 2.75) is 25.4 Å². The van der Waals surface area contributed by atoms with Crippen LogP contribution in [0.15, 0.2) is 24.4 Å². The molecule has 0 saturated carbocycles. The zero-order chi connectivity index (χ0) is 22.8. The van der Waals surface area contributed by atoms with Crippen molar-refractivity contribution in [3.05, 3.63) is 29.3 Å². The number of piperidine rings is 1. The van der Waals surface area contributed by atoms with Crippen molar-refractivity contribution in [2.24, 2.45) is 0 Å². The van der Waals surface area contributed by atoms with Crippen LogP contribution in [0.25, 0.3) is 21.6 Å². The van der Waals surface area contributed by atoms with E-state index >= 15 is 0 Å². The number of nitrogen functional groups attached to an aromatic ring is 1. The van der Waals surface area contributed by atoms with Gasteiger partial charge in [-0.2, -0.15) is 0 Å². The van der Waals surface area contributed by atoms with E-state index in [1.54, 1.807) is 12.3 Å². The normalized spacial score (nSPS) is 18.5. The Balaban J connectivity index is 1.44. The van der Waals surface area contributed by atoms with Crippen molar-refractivity contribution in [2.75, 3.05) is 63.3 Å². The minimum atomic E-state index is 0.498. The third-order valence-corrected chi connectivity index (χ3v) is 8.46. The molecule has 0 atom stereocenters. The molecule has 0 radical (unpaired) electrons. The average molecular weight is 486 g/mol. The number of hydrogen-bond donors (Lipinski definition) is 1. The van der Waals surface area contributed by atoms with Crippen molar-refractivity contribution in [1.29, 1.82) is 0 Å². The minimum Gasteiger partial charge on any atom is -0.384 e. The maximum Gasteiger partial charge on any atom is 0.163 e.